The van der Waals surface area contributed by atoms with Gasteiger partial charge >= 0.3 is 0 Å². The van der Waals surface area contributed by atoms with Gasteiger partial charge in [-0.25, -0.2) is 0 Å². The Bertz CT molecular complexity index is 709. The maximum Gasteiger partial charge on any atom is 0.195 e. The summed E-state index contributed by atoms with van der Waals surface area (Å²) in [4.78, 5) is 6.55. The molecule has 1 N–H and O–H groups in total. The lowest BCUT2D eigenvalue weighted by atomic mass is 10.3. The minimum absolute atomic E-state index is 0.144. The number of likely N-dealkylation sites (N-methyl/N-ethyl adjacent to an activating group) is 1. The first kappa shape index (κ1) is 18.5. The van der Waals surface area contributed by atoms with Crippen LogP contribution in [0.2, 0.25) is 0 Å². The van der Waals surface area contributed by atoms with Gasteiger partial charge in [0, 0.05) is 63.9 Å². The molecule has 0 spiro atoms. The second kappa shape index (κ2) is 8.88. The van der Waals surface area contributed by atoms with E-state index >= 15 is 0 Å². The molecule has 26 heavy (non-hydrogen) atoms. The largest absolute Gasteiger partial charge is 0.444 e. The molecule has 8 heteroatoms. The van der Waals surface area contributed by atoms with Crippen LogP contribution in [0.25, 0.3) is 0 Å². The second-order valence-corrected chi connectivity index (χ2v) is 7.64. The van der Waals surface area contributed by atoms with E-state index < -0.39 is 0 Å². The van der Waals surface area contributed by atoms with Gasteiger partial charge in [0.15, 0.2) is 11.5 Å². The van der Waals surface area contributed by atoms with E-state index in [0.717, 1.165) is 57.5 Å². The summed E-state index contributed by atoms with van der Waals surface area (Å²) in [5.74, 6) is 4.89. The van der Waals surface area contributed by atoms with Crippen molar-refractivity contribution >= 4 is 17.6 Å². The lowest BCUT2D eigenvalue weighted by Crippen LogP contribution is -2.32. The number of anilines is 1. The molecule has 0 unspecified atom stereocenters. The smallest absolute Gasteiger partial charge is 0.195 e. The van der Waals surface area contributed by atoms with Gasteiger partial charge < -0.3 is 19.5 Å². The third kappa shape index (κ3) is 4.46. The number of nitrogens with zero attached hydrogens (tertiary/aromatic N) is 5. The number of hydrogen-bond acceptors (Lipinski definition) is 8. The van der Waals surface area contributed by atoms with E-state index in [0.29, 0.717) is 5.82 Å². The summed E-state index contributed by atoms with van der Waals surface area (Å²) in [6.07, 6.45) is 0. The predicted octanol–water partition coefficient (Wildman–Crippen LogP) is 1.43. The highest BCUT2D eigenvalue weighted by Crippen LogP contribution is 2.20. The monoisotopic (exact) mass is 372 g/mol. The van der Waals surface area contributed by atoms with E-state index in [1.54, 1.807) is 0 Å². The van der Waals surface area contributed by atoms with Gasteiger partial charge in [0.2, 0.25) is 0 Å². The third-order valence-corrected chi connectivity index (χ3v) is 5.61. The molecule has 2 fully saturated rings. The van der Waals surface area contributed by atoms with Gasteiger partial charge in [-0.3, -0.25) is 4.90 Å². The van der Waals surface area contributed by atoms with Crippen molar-refractivity contribution in [2.45, 2.75) is 6.54 Å². The molecule has 0 aromatic carbocycles. The minimum Gasteiger partial charge on any atom is -0.444 e. The topological polar surface area (TPSA) is 82.5 Å². The van der Waals surface area contributed by atoms with Crippen LogP contribution in [0.5, 0.6) is 0 Å². The van der Waals surface area contributed by atoms with Gasteiger partial charge in [-0.1, -0.05) is 0 Å². The Labute approximate surface area is 158 Å². The van der Waals surface area contributed by atoms with E-state index in [1.165, 1.54) is 11.5 Å². The number of hydrogen-bond donors (Lipinski definition) is 1. The van der Waals surface area contributed by atoms with E-state index in [2.05, 4.69) is 21.2 Å². The molecule has 7 nitrogen and oxygen atoms in total. The van der Waals surface area contributed by atoms with Gasteiger partial charge in [-0.05, 0) is 6.07 Å². The van der Waals surface area contributed by atoms with E-state index in [-0.39, 0.29) is 5.57 Å². The number of allylic oxidation sites excluding steroid dienone is 1. The zero-order chi connectivity index (χ0) is 18.4. The Hall–Kier alpha value is -2.29. The summed E-state index contributed by atoms with van der Waals surface area (Å²) in [5, 5.41) is 21.3. The summed E-state index contributed by atoms with van der Waals surface area (Å²) < 4.78 is 6.01. The third-order valence-electron chi connectivity index (χ3n) is 4.66. The normalized spacial score (nSPS) is 17.5. The number of rotatable bonds is 6. The molecule has 1 aromatic rings. The molecule has 1 aromatic heterocycles. The van der Waals surface area contributed by atoms with Gasteiger partial charge in [0.05, 0.1) is 6.54 Å². The number of nitriles is 2. The van der Waals surface area contributed by atoms with E-state index in [4.69, 9.17) is 14.9 Å². The molecule has 0 atom stereocenters. The molecule has 0 radical (unpaired) electrons. The zero-order valence-electron chi connectivity index (χ0n) is 15.1. The Kier molecular flexibility index (Phi) is 6.32. The van der Waals surface area contributed by atoms with Crippen molar-refractivity contribution in [2.75, 3.05) is 62.7 Å². The van der Waals surface area contributed by atoms with Crippen molar-refractivity contribution in [3.63, 3.8) is 0 Å². The molecule has 0 amide bonds. The average molecular weight is 372 g/mol. The second-order valence-electron chi connectivity index (χ2n) is 6.41. The number of thioether (sulfide) groups is 1. The molecule has 2 saturated heterocycles. The van der Waals surface area contributed by atoms with Crippen LogP contribution in [0.3, 0.4) is 0 Å². The predicted molar refractivity (Wildman–Crippen MR) is 102 cm³/mol. The zero-order valence-corrected chi connectivity index (χ0v) is 15.9. The van der Waals surface area contributed by atoms with Crippen molar-refractivity contribution in [2.24, 2.45) is 0 Å². The van der Waals surface area contributed by atoms with Crippen LogP contribution in [-0.2, 0) is 6.54 Å². The summed E-state index contributed by atoms with van der Waals surface area (Å²) >= 11 is 2.01. The molecule has 3 heterocycles. The fraction of sp³-hybridized carbons (Fsp3) is 0.556. The number of furan rings is 1. The van der Waals surface area contributed by atoms with Gasteiger partial charge in [0.25, 0.3) is 0 Å². The molecule has 2 aliphatic rings. The van der Waals surface area contributed by atoms with Crippen molar-refractivity contribution in [3.8, 4) is 12.1 Å². The first-order valence-electron chi connectivity index (χ1n) is 8.84. The molecule has 0 bridgehead atoms. The van der Waals surface area contributed by atoms with Gasteiger partial charge in [-0.15, -0.1) is 0 Å². The van der Waals surface area contributed by atoms with Crippen LogP contribution in [0.1, 0.15) is 5.76 Å². The highest BCUT2D eigenvalue weighted by molar-refractivity contribution is 7.99. The van der Waals surface area contributed by atoms with Crippen molar-refractivity contribution in [3.05, 3.63) is 29.3 Å². The molecule has 0 saturated carbocycles. The summed E-state index contributed by atoms with van der Waals surface area (Å²) in [7, 11) is 2.00. The molecule has 2 aliphatic heterocycles. The Morgan fingerprint density at radius 2 is 2.04 bits per heavy atom. The minimum atomic E-state index is 0.144. The van der Waals surface area contributed by atoms with Gasteiger partial charge in [-0.2, -0.15) is 22.3 Å². The lowest BCUT2D eigenvalue weighted by molar-refractivity contribution is 0.268. The van der Waals surface area contributed by atoms with Crippen LogP contribution in [0.15, 0.2) is 27.9 Å². The van der Waals surface area contributed by atoms with Crippen LogP contribution in [-0.4, -0.2) is 67.6 Å². The molecule has 3 rings (SSSR count). The van der Waals surface area contributed by atoms with E-state index in [9.17, 15) is 0 Å². The summed E-state index contributed by atoms with van der Waals surface area (Å²) in [5.41, 5.74) is 0.144. The van der Waals surface area contributed by atoms with Crippen molar-refractivity contribution < 1.29 is 4.42 Å². The molecular weight excluding hydrogens is 348 g/mol. The van der Waals surface area contributed by atoms with Crippen molar-refractivity contribution in [1.29, 1.82) is 10.5 Å². The van der Waals surface area contributed by atoms with Crippen LogP contribution < -0.4 is 10.2 Å². The van der Waals surface area contributed by atoms with Crippen molar-refractivity contribution in [1.82, 2.24) is 15.1 Å². The standard InChI is InChI=1S/C18H24N6OS/c1-22(6-7-24-5-4-21-18(24)15(12-19)13-20)17-3-2-16(25-17)14-23-8-10-26-11-9-23/h2-3,21H,4-11,14H2,1H3. The fourth-order valence-electron chi connectivity index (χ4n) is 3.15. The number of nitrogens with one attached hydrogen (secondary N) is 1. The Balaban J connectivity index is 1.54. The first-order valence-corrected chi connectivity index (χ1v) is 10.00. The van der Waals surface area contributed by atoms with Crippen LogP contribution >= 0.6 is 11.8 Å². The molecule has 138 valence electrons. The van der Waals surface area contributed by atoms with E-state index in [1.807, 2.05) is 41.9 Å². The summed E-state index contributed by atoms with van der Waals surface area (Å²) in [6.45, 7) is 6.14. The highest BCUT2D eigenvalue weighted by atomic mass is 32.2. The quantitative estimate of drug-likeness (QED) is 0.751. The maximum atomic E-state index is 9.07. The van der Waals surface area contributed by atoms with Crippen LogP contribution in [0, 0.1) is 22.7 Å². The Morgan fingerprint density at radius 3 is 2.77 bits per heavy atom. The fourth-order valence-corrected chi connectivity index (χ4v) is 4.13. The Morgan fingerprint density at radius 1 is 1.27 bits per heavy atom. The molecular formula is C18H24N6OS. The van der Waals surface area contributed by atoms with Gasteiger partial charge in [0.1, 0.15) is 23.7 Å². The SMILES string of the molecule is CN(CCN1CCNC1=C(C#N)C#N)c1ccc(CN2CCSCC2)o1. The lowest BCUT2D eigenvalue weighted by Gasteiger charge is -2.25. The molecule has 0 aliphatic carbocycles. The van der Waals surface area contributed by atoms with Crippen LogP contribution in [0.4, 0.5) is 5.88 Å². The average Bonchev–Trinajstić information content (AvgIpc) is 3.32. The first-order chi connectivity index (χ1) is 12.7. The highest BCUT2D eigenvalue weighted by Gasteiger charge is 2.21. The summed E-state index contributed by atoms with van der Waals surface area (Å²) in [6, 6.07) is 7.99. The maximum absolute atomic E-state index is 9.07.